The molecule has 0 bridgehead atoms. The molecule has 0 heterocycles. The van der Waals surface area contributed by atoms with Gasteiger partial charge < -0.3 is 4.74 Å². The minimum Gasteiger partial charge on any atom is -0.486 e. The minimum atomic E-state index is -0.394. The van der Waals surface area contributed by atoms with E-state index in [2.05, 4.69) is 0 Å². The van der Waals surface area contributed by atoms with Crippen molar-refractivity contribution in [2.45, 2.75) is 6.61 Å². The second-order valence-corrected chi connectivity index (χ2v) is 5.04. The highest BCUT2D eigenvalue weighted by atomic mass is 127. The Balaban J connectivity index is 2.12. The lowest BCUT2D eigenvalue weighted by molar-refractivity contribution is 0.290. The van der Waals surface area contributed by atoms with Crippen LogP contribution in [0.4, 0.5) is 4.39 Å². The zero-order valence-electron chi connectivity index (χ0n) is 8.79. The Bertz CT molecular complexity index is 516. The van der Waals surface area contributed by atoms with Crippen molar-refractivity contribution >= 4 is 34.2 Å². The Morgan fingerprint density at radius 3 is 2.59 bits per heavy atom. The van der Waals surface area contributed by atoms with Crippen LogP contribution >= 0.6 is 34.2 Å². The van der Waals surface area contributed by atoms with Crippen LogP contribution < -0.4 is 4.74 Å². The van der Waals surface area contributed by atoms with E-state index in [0.29, 0.717) is 15.2 Å². The maximum atomic E-state index is 13.5. The van der Waals surface area contributed by atoms with E-state index in [4.69, 9.17) is 16.3 Å². The molecule has 0 atom stereocenters. The Morgan fingerprint density at radius 1 is 1.18 bits per heavy atom. The van der Waals surface area contributed by atoms with E-state index in [-0.39, 0.29) is 5.75 Å². The van der Waals surface area contributed by atoms with Gasteiger partial charge in [0.1, 0.15) is 6.61 Å². The van der Waals surface area contributed by atoms with Gasteiger partial charge in [0, 0.05) is 9.64 Å². The standard InChI is InChI=1S/C13H9ClFIO/c14-10-6-13(11(15)7-12(10)16)17-8-9-4-2-1-3-5-9/h1-7H,8H2. The average Bonchev–Trinajstić information content (AvgIpc) is 2.33. The summed E-state index contributed by atoms with van der Waals surface area (Å²) in [5, 5.41) is 0.495. The highest BCUT2D eigenvalue weighted by Crippen LogP contribution is 2.27. The maximum absolute atomic E-state index is 13.5. The van der Waals surface area contributed by atoms with Crippen molar-refractivity contribution in [2.75, 3.05) is 0 Å². The topological polar surface area (TPSA) is 9.23 Å². The maximum Gasteiger partial charge on any atom is 0.166 e. The number of hydrogen-bond acceptors (Lipinski definition) is 1. The van der Waals surface area contributed by atoms with Crippen molar-refractivity contribution in [1.29, 1.82) is 0 Å². The zero-order chi connectivity index (χ0) is 12.3. The number of benzene rings is 2. The van der Waals surface area contributed by atoms with Crippen molar-refractivity contribution in [2.24, 2.45) is 0 Å². The van der Waals surface area contributed by atoms with Crippen molar-refractivity contribution in [1.82, 2.24) is 0 Å². The molecule has 0 saturated heterocycles. The molecule has 2 rings (SSSR count). The first kappa shape index (κ1) is 12.6. The van der Waals surface area contributed by atoms with Gasteiger partial charge in [-0.05, 0) is 34.2 Å². The van der Waals surface area contributed by atoms with Crippen LogP contribution in [0.3, 0.4) is 0 Å². The molecule has 0 saturated carbocycles. The van der Waals surface area contributed by atoms with Crippen molar-refractivity contribution in [3.05, 3.63) is 62.4 Å². The first-order chi connectivity index (χ1) is 8.16. The summed E-state index contributed by atoms with van der Waals surface area (Å²) < 4.78 is 19.6. The normalized spacial score (nSPS) is 10.3. The van der Waals surface area contributed by atoms with Gasteiger partial charge in [0.15, 0.2) is 11.6 Å². The largest absolute Gasteiger partial charge is 0.486 e. The molecule has 0 N–H and O–H groups in total. The van der Waals surface area contributed by atoms with Crippen molar-refractivity contribution in [3.63, 3.8) is 0 Å². The predicted octanol–water partition coefficient (Wildman–Crippen LogP) is 4.66. The van der Waals surface area contributed by atoms with Crippen LogP contribution in [0.15, 0.2) is 42.5 Å². The fourth-order valence-corrected chi connectivity index (χ4v) is 1.93. The number of rotatable bonds is 3. The molecule has 0 aromatic heterocycles. The molecular weight excluding hydrogens is 353 g/mol. The van der Waals surface area contributed by atoms with E-state index < -0.39 is 5.82 Å². The van der Waals surface area contributed by atoms with Gasteiger partial charge in [-0.15, -0.1) is 0 Å². The lowest BCUT2D eigenvalue weighted by atomic mass is 10.2. The number of hydrogen-bond donors (Lipinski definition) is 0. The Labute approximate surface area is 118 Å². The number of halogens is 3. The van der Waals surface area contributed by atoms with E-state index in [9.17, 15) is 4.39 Å². The van der Waals surface area contributed by atoms with E-state index in [1.54, 1.807) is 0 Å². The first-order valence-electron chi connectivity index (χ1n) is 4.98. The second-order valence-electron chi connectivity index (χ2n) is 3.47. The molecule has 88 valence electrons. The zero-order valence-corrected chi connectivity index (χ0v) is 11.7. The lowest BCUT2D eigenvalue weighted by Gasteiger charge is -2.08. The summed E-state index contributed by atoms with van der Waals surface area (Å²) in [7, 11) is 0. The summed E-state index contributed by atoms with van der Waals surface area (Å²) in [4.78, 5) is 0. The van der Waals surface area contributed by atoms with Crippen molar-refractivity contribution in [3.8, 4) is 5.75 Å². The predicted molar refractivity (Wildman–Crippen MR) is 74.9 cm³/mol. The highest BCUT2D eigenvalue weighted by Gasteiger charge is 2.08. The quantitative estimate of drug-likeness (QED) is 0.570. The molecule has 0 aliphatic heterocycles. The molecule has 0 aliphatic carbocycles. The van der Waals surface area contributed by atoms with Crippen LogP contribution in [0, 0.1) is 9.39 Å². The molecule has 0 aliphatic rings. The van der Waals surface area contributed by atoms with Gasteiger partial charge in [0.05, 0.1) is 5.02 Å². The first-order valence-corrected chi connectivity index (χ1v) is 6.44. The van der Waals surface area contributed by atoms with E-state index in [1.807, 2.05) is 52.9 Å². The molecule has 2 aromatic carbocycles. The Hall–Kier alpha value is -0.810. The van der Waals surface area contributed by atoms with E-state index >= 15 is 0 Å². The van der Waals surface area contributed by atoms with Gasteiger partial charge in [0.2, 0.25) is 0 Å². The summed E-state index contributed by atoms with van der Waals surface area (Å²) in [5.74, 6) is -0.214. The minimum absolute atomic E-state index is 0.180. The SMILES string of the molecule is Fc1cc(I)c(Cl)cc1OCc1ccccc1. The lowest BCUT2D eigenvalue weighted by Crippen LogP contribution is -1.97. The Morgan fingerprint density at radius 2 is 1.88 bits per heavy atom. The average molecular weight is 363 g/mol. The van der Waals surface area contributed by atoms with Gasteiger partial charge in [0.25, 0.3) is 0 Å². The van der Waals surface area contributed by atoms with Gasteiger partial charge in [-0.2, -0.15) is 0 Å². The summed E-state index contributed by atoms with van der Waals surface area (Å²) in [6, 6.07) is 12.5. The van der Waals surface area contributed by atoms with Crippen LogP contribution in [0.25, 0.3) is 0 Å². The Kier molecular flexibility index (Phi) is 4.23. The van der Waals surface area contributed by atoms with Crippen LogP contribution in [0.5, 0.6) is 5.75 Å². The number of ether oxygens (including phenoxy) is 1. The van der Waals surface area contributed by atoms with E-state index in [1.165, 1.54) is 12.1 Å². The molecule has 0 radical (unpaired) electrons. The van der Waals surface area contributed by atoms with Crippen LogP contribution in [-0.2, 0) is 6.61 Å². The second kappa shape index (κ2) is 5.69. The third kappa shape index (κ3) is 3.33. The van der Waals surface area contributed by atoms with Crippen LogP contribution in [0.2, 0.25) is 5.02 Å². The molecule has 0 unspecified atom stereocenters. The molecule has 1 nitrogen and oxygen atoms in total. The third-order valence-electron chi connectivity index (χ3n) is 2.21. The molecule has 17 heavy (non-hydrogen) atoms. The monoisotopic (exact) mass is 362 g/mol. The van der Waals surface area contributed by atoms with Crippen molar-refractivity contribution < 1.29 is 9.13 Å². The fraction of sp³-hybridized carbons (Fsp3) is 0.0769. The van der Waals surface area contributed by atoms with Gasteiger partial charge >= 0.3 is 0 Å². The summed E-state index contributed by atoms with van der Waals surface area (Å²) in [5.41, 5.74) is 0.988. The van der Waals surface area contributed by atoms with Gasteiger partial charge in [-0.1, -0.05) is 41.9 Å². The third-order valence-corrected chi connectivity index (χ3v) is 3.74. The van der Waals surface area contributed by atoms with Gasteiger partial charge in [-0.25, -0.2) is 4.39 Å². The van der Waals surface area contributed by atoms with Gasteiger partial charge in [-0.3, -0.25) is 0 Å². The highest BCUT2D eigenvalue weighted by molar-refractivity contribution is 14.1. The molecule has 0 fully saturated rings. The molecule has 0 amide bonds. The van der Waals surface area contributed by atoms with Crippen LogP contribution in [-0.4, -0.2) is 0 Å². The molecule has 0 spiro atoms. The summed E-state index contributed by atoms with van der Waals surface area (Å²) >= 11 is 7.89. The fourth-order valence-electron chi connectivity index (χ4n) is 1.35. The molecule has 4 heteroatoms. The molecular formula is C13H9ClFIO. The molecule has 2 aromatic rings. The smallest absolute Gasteiger partial charge is 0.166 e. The van der Waals surface area contributed by atoms with E-state index in [0.717, 1.165) is 5.56 Å². The summed E-state index contributed by atoms with van der Waals surface area (Å²) in [6.07, 6.45) is 0. The van der Waals surface area contributed by atoms with Crippen LogP contribution in [0.1, 0.15) is 5.56 Å². The summed E-state index contributed by atoms with van der Waals surface area (Å²) in [6.45, 7) is 0.328.